The van der Waals surface area contributed by atoms with Crippen molar-refractivity contribution in [3.63, 3.8) is 0 Å². The molecule has 0 saturated carbocycles. The van der Waals surface area contributed by atoms with Crippen molar-refractivity contribution in [3.05, 3.63) is 89.4 Å². The second-order valence-electron chi connectivity index (χ2n) is 7.65. The van der Waals surface area contributed by atoms with Gasteiger partial charge in [-0.15, -0.1) is 0 Å². The lowest BCUT2D eigenvalue weighted by molar-refractivity contribution is 0.574. The molecule has 4 rings (SSSR count). The van der Waals surface area contributed by atoms with Crippen LogP contribution >= 0.6 is 0 Å². The minimum Gasteiger partial charge on any atom is -0.306 e. The first-order chi connectivity index (χ1) is 14.0. The van der Waals surface area contributed by atoms with Crippen LogP contribution in [0.3, 0.4) is 0 Å². The van der Waals surface area contributed by atoms with Gasteiger partial charge in [-0.05, 0) is 38.0 Å². The molecule has 5 heteroatoms. The zero-order chi connectivity index (χ0) is 20.4. The van der Waals surface area contributed by atoms with Gasteiger partial charge in [-0.25, -0.2) is 4.68 Å². The fourth-order valence-electron chi connectivity index (χ4n) is 3.51. The van der Waals surface area contributed by atoms with E-state index in [0.717, 1.165) is 23.5 Å². The van der Waals surface area contributed by atoms with Gasteiger partial charge in [0, 0.05) is 48.7 Å². The molecule has 2 heterocycles. The third kappa shape index (κ3) is 4.15. The molecule has 148 valence electrons. The molecule has 0 spiro atoms. The summed E-state index contributed by atoms with van der Waals surface area (Å²) in [6.45, 7) is 7.13. The molecule has 0 aliphatic heterocycles. The number of hydrogen-bond donors (Lipinski definition) is 1. The maximum absolute atomic E-state index is 4.97. The van der Waals surface area contributed by atoms with Crippen molar-refractivity contribution >= 4 is 0 Å². The fraction of sp³-hybridized carbons (Fsp3) is 0.250. The summed E-state index contributed by atoms with van der Waals surface area (Å²) in [6, 6.07) is 17.1. The number of nitrogens with one attached hydrogen (secondary N) is 1. The molecular formula is C24H27N5. The minimum absolute atomic E-state index is 0.205. The lowest BCUT2D eigenvalue weighted by atomic mass is 10.1. The van der Waals surface area contributed by atoms with Crippen molar-refractivity contribution in [1.82, 2.24) is 24.9 Å². The largest absolute Gasteiger partial charge is 0.306 e. The van der Waals surface area contributed by atoms with Crippen LogP contribution in [-0.4, -0.2) is 19.6 Å². The van der Waals surface area contributed by atoms with E-state index in [1.807, 2.05) is 28.7 Å². The molecule has 0 unspecified atom stereocenters. The minimum atomic E-state index is 0.205. The molecule has 1 N–H and O–H groups in total. The Morgan fingerprint density at radius 1 is 1.03 bits per heavy atom. The topological polar surface area (TPSA) is 47.7 Å². The van der Waals surface area contributed by atoms with Crippen LogP contribution in [0.4, 0.5) is 0 Å². The zero-order valence-corrected chi connectivity index (χ0v) is 17.4. The van der Waals surface area contributed by atoms with Crippen LogP contribution in [0.15, 0.2) is 67.1 Å². The average molecular weight is 386 g/mol. The van der Waals surface area contributed by atoms with Gasteiger partial charge >= 0.3 is 0 Å². The van der Waals surface area contributed by atoms with Crippen LogP contribution in [0.1, 0.15) is 35.2 Å². The van der Waals surface area contributed by atoms with Gasteiger partial charge in [-0.2, -0.15) is 10.2 Å². The van der Waals surface area contributed by atoms with Crippen LogP contribution in [0.5, 0.6) is 0 Å². The van der Waals surface area contributed by atoms with E-state index in [-0.39, 0.29) is 6.04 Å². The van der Waals surface area contributed by atoms with Crippen LogP contribution in [-0.2, 0) is 13.6 Å². The standard InChI is InChI=1S/C24H27N5/c1-17-10-11-18(2)23(12-17)29-16-22(24(27-29)20-8-6-5-7-9-20)13-25-19(3)21-14-26-28(4)15-21/h5-12,14-16,19,25H,13H2,1-4H3/t19-/m0/s1. The summed E-state index contributed by atoms with van der Waals surface area (Å²) in [5, 5.41) is 12.9. The molecule has 0 aliphatic rings. The number of aromatic nitrogens is 4. The lowest BCUT2D eigenvalue weighted by Crippen LogP contribution is -2.17. The molecular weight excluding hydrogens is 358 g/mol. The van der Waals surface area contributed by atoms with E-state index >= 15 is 0 Å². The van der Waals surface area contributed by atoms with Gasteiger partial charge < -0.3 is 5.32 Å². The average Bonchev–Trinajstić information content (AvgIpc) is 3.35. The molecule has 4 aromatic rings. The number of hydrogen-bond acceptors (Lipinski definition) is 3. The van der Waals surface area contributed by atoms with Crippen molar-refractivity contribution < 1.29 is 0 Å². The lowest BCUT2D eigenvalue weighted by Gasteiger charge is -2.12. The van der Waals surface area contributed by atoms with Gasteiger partial charge in [0.15, 0.2) is 0 Å². The number of nitrogens with zero attached hydrogens (tertiary/aromatic N) is 4. The Morgan fingerprint density at radius 2 is 1.83 bits per heavy atom. The van der Waals surface area contributed by atoms with E-state index in [1.54, 1.807) is 0 Å². The number of benzene rings is 2. The second kappa shape index (κ2) is 8.05. The van der Waals surface area contributed by atoms with E-state index in [4.69, 9.17) is 5.10 Å². The number of rotatable bonds is 6. The Hall–Kier alpha value is -3.18. The molecule has 5 nitrogen and oxygen atoms in total. The van der Waals surface area contributed by atoms with Gasteiger partial charge in [0.05, 0.1) is 17.6 Å². The monoisotopic (exact) mass is 385 g/mol. The van der Waals surface area contributed by atoms with E-state index in [9.17, 15) is 0 Å². The smallest absolute Gasteiger partial charge is 0.0972 e. The Morgan fingerprint density at radius 3 is 2.55 bits per heavy atom. The van der Waals surface area contributed by atoms with Crippen LogP contribution in [0.25, 0.3) is 16.9 Å². The summed E-state index contributed by atoms with van der Waals surface area (Å²) >= 11 is 0. The highest BCUT2D eigenvalue weighted by atomic mass is 15.3. The van der Waals surface area contributed by atoms with Crippen molar-refractivity contribution in [1.29, 1.82) is 0 Å². The summed E-state index contributed by atoms with van der Waals surface area (Å²) in [7, 11) is 1.94. The summed E-state index contributed by atoms with van der Waals surface area (Å²) in [4.78, 5) is 0. The van der Waals surface area contributed by atoms with Gasteiger partial charge in [0.1, 0.15) is 0 Å². The van der Waals surface area contributed by atoms with E-state index in [1.165, 1.54) is 22.3 Å². The molecule has 2 aromatic heterocycles. The molecule has 0 bridgehead atoms. The summed E-state index contributed by atoms with van der Waals surface area (Å²) in [5.41, 5.74) is 8.05. The molecule has 29 heavy (non-hydrogen) atoms. The third-order valence-corrected chi connectivity index (χ3v) is 5.27. The SMILES string of the molecule is Cc1ccc(C)c(-n2cc(CN[C@@H](C)c3cnn(C)c3)c(-c3ccccc3)n2)c1. The molecule has 0 aliphatic carbocycles. The highest BCUT2D eigenvalue weighted by molar-refractivity contribution is 5.63. The van der Waals surface area contributed by atoms with Crippen molar-refractivity contribution in [2.45, 2.75) is 33.4 Å². The van der Waals surface area contributed by atoms with Crippen LogP contribution < -0.4 is 5.32 Å². The highest BCUT2D eigenvalue weighted by Crippen LogP contribution is 2.26. The molecule has 1 atom stereocenters. The van der Waals surface area contributed by atoms with Gasteiger partial charge in [-0.1, -0.05) is 42.5 Å². The van der Waals surface area contributed by atoms with Gasteiger partial charge in [0.2, 0.25) is 0 Å². The summed E-state index contributed by atoms with van der Waals surface area (Å²) in [5.74, 6) is 0. The predicted molar refractivity (Wildman–Crippen MR) is 117 cm³/mol. The first kappa shape index (κ1) is 19.2. The molecule has 0 fully saturated rings. The normalized spacial score (nSPS) is 12.3. The Balaban J connectivity index is 1.68. The summed E-state index contributed by atoms with van der Waals surface area (Å²) < 4.78 is 3.85. The third-order valence-electron chi connectivity index (χ3n) is 5.27. The maximum Gasteiger partial charge on any atom is 0.0972 e. The first-order valence-corrected chi connectivity index (χ1v) is 9.95. The molecule has 0 amide bonds. The highest BCUT2D eigenvalue weighted by Gasteiger charge is 2.15. The number of aryl methyl sites for hydroxylation is 3. The zero-order valence-electron chi connectivity index (χ0n) is 17.4. The van der Waals surface area contributed by atoms with Crippen LogP contribution in [0.2, 0.25) is 0 Å². The quantitative estimate of drug-likeness (QED) is 0.521. The first-order valence-electron chi connectivity index (χ1n) is 9.95. The Bertz CT molecular complexity index is 1110. The summed E-state index contributed by atoms with van der Waals surface area (Å²) in [6.07, 6.45) is 6.11. The van der Waals surface area contributed by atoms with Gasteiger partial charge in [0.25, 0.3) is 0 Å². The Kier molecular flexibility index (Phi) is 5.32. The molecule has 0 saturated heterocycles. The van der Waals surface area contributed by atoms with Crippen molar-refractivity contribution in [2.24, 2.45) is 7.05 Å². The van der Waals surface area contributed by atoms with Crippen molar-refractivity contribution in [3.8, 4) is 16.9 Å². The molecule has 2 aromatic carbocycles. The van der Waals surface area contributed by atoms with Crippen molar-refractivity contribution in [2.75, 3.05) is 0 Å². The van der Waals surface area contributed by atoms with Gasteiger partial charge in [-0.3, -0.25) is 4.68 Å². The van der Waals surface area contributed by atoms with Crippen LogP contribution in [0, 0.1) is 13.8 Å². The van der Waals surface area contributed by atoms with E-state index in [2.05, 4.69) is 86.0 Å². The predicted octanol–water partition coefficient (Wildman–Crippen LogP) is 4.74. The molecule has 0 radical (unpaired) electrons. The maximum atomic E-state index is 4.97. The fourth-order valence-corrected chi connectivity index (χ4v) is 3.51. The van der Waals surface area contributed by atoms with E-state index in [0.29, 0.717) is 0 Å². The van der Waals surface area contributed by atoms with E-state index < -0.39 is 0 Å². The second-order valence-corrected chi connectivity index (χ2v) is 7.65. The Labute approximate surface area is 172 Å².